The molecule has 0 atom stereocenters. The summed E-state index contributed by atoms with van der Waals surface area (Å²) in [5.74, 6) is 0. The second kappa shape index (κ2) is 4.78. The van der Waals surface area contributed by atoms with Crippen molar-refractivity contribution in [3.63, 3.8) is 0 Å². The van der Waals surface area contributed by atoms with Crippen LogP contribution in [0.5, 0.6) is 0 Å². The molecule has 94 valence electrons. The Bertz CT molecular complexity index is 538. The van der Waals surface area contributed by atoms with Crippen molar-refractivity contribution < 1.29 is 18.3 Å². The zero-order chi connectivity index (χ0) is 13.2. The van der Waals surface area contributed by atoms with Crippen molar-refractivity contribution in [2.24, 2.45) is 0 Å². The number of pyridine rings is 1. The zero-order valence-corrected chi connectivity index (χ0v) is 9.28. The van der Waals surface area contributed by atoms with E-state index in [0.717, 1.165) is 6.07 Å². The number of hydrogen-bond donors (Lipinski definition) is 1. The van der Waals surface area contributed by atoms with Gasteiger partial charge in [0.2, 0.25) is 0 Å². The summed E-state index contributed by atoms with van der Waals surface area (Å²) in [6.07, 6.45) is -4.49. The van der Waals surface area contributed by atoms with Crippen LogP contribution in [0.15, 0.2) is 42.5 Å². The van der Waals surface area contributed by atoms with Crippen molar-refractivity contribution in [2.45, 2.75) is 12.8 Å². The first-order chi connectivity index (χ1) is 8.52. The number of halogens is 3. The molecule has 0 aliphatic heterocycles. The highest BCUT2D eigenvalue weighted by Gasteiger charge is 2.33. The topological polar surface area (TPSA) is 33.1 Å². The maximum atomic E-state index is 12.6. The van der Waals surface area contributed by atoms with Gasteiger partial charge in [-0.05, 0) is 6.07 Å². The lowest BCUT2D eigenvalue weighted by atomic mass is 10.1. The molecule has 2 rings (SSSR count). The van der Waals surface area contributed by atoms with E-state index < -0.39 is 11.9 Å². The first kappa shape index (κ1) is 12.6. The highest BCUT2D eigenvalue weighted by molar-refractivity contribution is 5.63. The van der Waals surface area contributed by atoms with E-state index in [1.165, 1.54) is 6.07 Å². The molecule has 0 saturated heterocycles. The van der Waals surface area contributed by atoms with E-state index in [2.05, 4.69) is 4.98 Å². The summed E-state index contributed by atoms with van der Waals surface area (Å²) >= 11 is 0. The average Bonchev–Trinajstić information content (AvgIpc) is 2.38. The number of alkyl halides is 3. The molecule has 0 aliphatic rings. The number of hydrogen-bond acceptors (Lipinski definition) is 2. The Kier molecular flexibility index (Phi) is 3.34. The smallest absolute Gasteiger partial charge is 0.392 e. The van der Waals surface area contributed by atoms with E-state index >= 15 is 0 Å². The van der Waals surface area contributed by atoms with Crippen LogP contribution >= 0.6 is 0 Å². The zero-order valence-electron chi connectivity index (χ0n) is 9.28. The van der Waals surface area contributed by atoms with Crippen LogP contribution in [0.25, 0.3) is 11.3 Å². The lowest BCUT2D eigenvalue weighted by molar-refractivity contribution is -0.141. The maximum absolute atomic E-state index is 12.6. The first-order valence-corrected chi connectivity index (χ1v) is 5.26. The summed E-state index contributed by atoms with van der Waals surface area (Å²) in [5.41, 5.74) is 0.119. The summed E-state index contributed by atoms with van der Waals surface area (Å²) in [6, 6.07) is 10.6. The Morgan fingerprint density at radius 2 is 1.67 bits per heavy atom. The van der Waals surface area contributed by atoms with Gasteiger partial charge in [-0.2, -0.15) is 13.2 Å². The normalized spacial score (nSPS) is 11.6. The molecule has 5 heteroatoms. The summed E-state index contributed by atoms with van der Waals surface area (Å²) in [5, 5.41) is 9.15. The molecule has 1 aromatic heterocycles. The van der Waals surface area contributed by atoms with Crippen molar-refractivity contribution >= 4 is 0 Å². The molecular weight excluding hydrogens is 243 g/mol. The largest absolute Gasteiger partial charge is 0.433 e. The van der Waals surface area contributed by atoms with Gasteiger partial charge in [-0.1, -0.05) is 36.4 Å². The molecule has 0 fully saturated rings. The fourth-order valence-corrected chi connectivity index (χ4v) is 1.62. The van der Waals surface area contributed by atoms with Gasteiger partial charge in [-0.15, -0.1) is 0 Å². The van der Waals surface area contributed by atoms with Gasteiger partial charge < -0.3 is 5.11 Å². The lowest BCUT2D eigenvalue weighted by Crippen LogP contribution is -2.09. The molecule has 0 spiro atoms. The van der Waals surface area contributed by atoms with Crippen LogP contribution < -0.4 is 0 Å². The van der Waals surface area contributed by atoms with Gasteiger partial charge in [-0.25, -0.2) is 4.98 Å². The second-order valence-electron chi connectivity index (χ2n) is 3.73. The fraction of sp³-hybridized carbons (Fsp3) is 0.154. The predicted molar refractivity (Wildman–Crippen MR) is 60.6 cm³/mol. The number of nitrogens with zero attached hydrogens (tertiary/aromatic N) is 1. The average molecular weight is 253 g/mol. The van der Waals surface area contributed by atoms with E-state index in [0.29, 0.717) is 11.1 Å². The standard InChI is InChI=1S/C13H10F3NO/c14-13(15,16)11-7-6-10(8-18)12(17-11)9-4-2-1-3-5-9/h1-7,18H,8H2. The van der Waals surface area contributed by atoms with Gasteiger partial charge in [-0.3, -0.25) is 0 Å². The number of rotatable bonds is 2. The highest BCUT2D eigenvalue weighted by Crippen LogP contribution is 2.31. The van der Waals surface area contributed by atoms with Gasteiger partial charge in [0.05, 0.1) is 12.3 Å². The summed E-state index contributed by atoms with van der Waals surface area (Å²) in [6.45, 7) is -0.352. The van der Waals surface area contributed by atoms with Crippen molar-refractivity contribution in [1.29, 1.82) is 0 Å². The van der Waals surface area contributed by atoms with Crippen LogP contribution in [0.4, 0.5) is 13.2 Å². The van der Waals surface area contributed by atoms with Crippen LogP contribution in [0.2, 0.25) is 0 Å². The molecule has 2 aromatic rings. The molecule has 1 N–H and O–H groups in total. The van der Waals surface area contributed by atoms with Crippen LogP contribution in [0.3, 0.4) is 0 Å². The maximum Gasteiger partial charge on any atom is 0.433 e. The number of aliphatic hydroxyl groups is 1. The molecule has 1 heterocycles. The molecule has 0 radical (unpaired) electrons. The monoisotopic (exact) mass is 253 g/mol. The van der Waals surface area contributed by atoms with E-state index in [1.54, 1.807) is 30.3 Å². The molecule has 2 nitrogen and oxygen atoms in total. The molecule has 0 bridgehead atoms. The van der Waals surface area contributed by atoms with E-state index in [-0.39, 0.29) is 12.3 Å². The third-order valence-corrected chi connectivity index (χ3v) is 2.49. The molecular formula is C13H10F3NO. The Labute approximate surface area is 102 Å². The summed E-state index contributed by atoms with van der Waals surface area (Å²) in [4.78, 5) is 3.60. The van der Waals surface area contributed by atoms with Crippen LogP contribution in [0.1, 0.15) is 11.3 Å². The minimum absolute atomic E-state index is 0.160. The van der Waals surface area contributed by atoms with Gasteiger partial charge in [0.1, 0.15) is 5.69 Å². The van der Waals surface area contributed by atoms with Gasteiger partial charge in [0.15, 0.2) is 0 Å². The van der Waals surface area contributed by atoms with Gasteiger partial charge in [0.25, 0.3) is 0 Å². The predicted octanol–water partition coefficient (Wildman–Crippen LogP) is 3.26. The number of aromatic nitrogens is 1. The van der Waals surface area contributed by atoms with Crippen molar-refractivity contribution in [2.75, 3.05) is 0 Å². The van der Waals surface area contributed by atoms with E-state index in [1.807, 2.05) is 0 Å². The second-order valence-corrected chi connectivity index (χ2v) is 3.73. The fourth-order valence-electron chi connectivity index (χ4n) is 1.62. The number of aliphatic hydroxyl groups excluding tert-OH is 1. The molecule has 1 aromatic carbocycles. The SMILES string of the molecule is OCc1ccc(C(F)(F)F)nc1-c1ccccc1. The summed E-state index contributed by atoms with van der Waals surface area (Å²) in [7, 11) is 0. The first-order valence-electron chi connectivity index (χ1n) is 5.26. The number of benzene rings is 1. The van der Waals surface area contributed by atoms with Crippen LogP contribution in [0, 0.1) is 0 Å². The van der Waals surface area contributed by atoms with Crippen molar-refractivity contribution in [1.82, 2.24) is 4.98 Å². The minimum Gasteiger partial charge on any atom is -0.392 e. The quantitative estimate of drug-likeness (QED) is 0.891. The highest BCUT2D eigenvalue weighted by atomic mass is 19.4. The molecule has 18 heavy (non-hydrogen) atoms. The molecule has 0 unspecified atom stereocenters. The van der Waals surface area contributed by atoms with Gasteiger partial charge in [0, 0.05) is 11.1 Å². The Hall–Kier alpha value is -1.88. The van der Waals surface area contributed by atoms with Crippen molar-refractivity contribution in [3.05, 3.63) is 53.7 Å². The Morgan fingerprint density at radius 3 is 2.22 bits per heavy atom. The van der Waals surface area contributed by atoms with Crippen molar-refractivity contribution in [3.8, 4) is 11.3 Å². The van der Waals surface area contributed by atoms with E-state index in [4.69, 9.17) is 5.11 Å². The lowest BCUT2D eigenvalue weighted by Gasteiger charge is -2.11. The van der Waals surface area contributed by atoms with Crippen LogP contribution in [-0.2, 0) is 12.8 Å². The Balaban J connectivity index is 2.57. The molecule has 0 aliphatic carbocycles. The summed E-state index contributed by atoms with van der Waals surface area (Å²) < 4.78 is 37.8. The molecule has 0 saturated carbocycles. The third kappa shape index (κ3) is 2.51. The minimum atomic E-state index is -4.49. The molecule has 0 amide bonds. The van der Waals surface area contributed by atoms with Crippen LogP contribution in [-0.4, -0.2) is 10.1 Å². The van der Waals surface area contributed by atoms with Gasteiger partial charge >= 0.3 is 6.18 Å². The Morgan fingerprint density at radius 1 is 1.00 bits per heavy atom. The third-order valence-electron chi connectivity index (χ3n) is 2.49. The van der Waals surface area contributed by atoms with E-state index in [9.17, 15) is 13.2 Å².